The largest absolute Gasteiger partial charge is 0.345 e. The molecule has 13 heavy (non-hydrogen) atoms. The number of hydrogen-bond acceptors (Lipinski definition) is 1. The lowest BCUT2D eigenvalue weighted by Crippen LogP contribution is -2.23. The molecule has 0 bridgehead atoms. The van der Waals surface area contributed by atoms with Gasteiger partial charge in [-0.05, 0) is 25.5 Å². The average molecular weight is 179 g/mol. The molecule has 0 saturated heterocycles. The summed E-state index contributed by atoms with van der Waals surface area (Å²) in [6.45, 7) is 7.41. The highest BCUT2D eigenvalue weighted by molar-refractivity contribution is 5.97. The summed E-state index contributed by atoms with van der Waals surface area (Å²) in [5.41, 5.74) is 1.67. The second-order valence-corrected chi connectivity index (χ2v) is 2.99. The van der Waals surface area contributed by atoms with E-state index >= 15 is 0 Å². The van der Waals surface area contributed by atoms with Crippen molar-refractivity contribution in [3.63, 3.8) is 0 Å². The van der Waals surface area contributed by atoms with Crippen molar-refractivity contribution in [3.8, 4) is 0 Å². The standard InChI is InChI=1S/C11H17NO/c1-6-8-10(9(3)7-2)11(13)12(4)5/h6-8H,1H2,2-5H3/b9-7-,10-8+. The Morgan fingerprint density at radius 3 is 2.23 bits per heavy atom. The zero-order valence-corrected chi connectivity index (χ0v) is 8.79. The highest BCUT2D eigenvalue weighted by Gasteiger charge is 2.11. The zero-order valence-electron chi connectivity index (χ0n) is 8.79. The molecule has 1 amide bonds. The second kappa shape index (κ2) is 5.36. The van der Waals surface area contributed by atoms with Gasteiger partial charge in [-0.15, -0.1) is 0 Å². The van der Waals surface area contributed by atoms with Gasteiger partial charge in [-0.2, -0.15) is 0 Å². The molecule has 0 aromatic heterocycles. The van der Waals surface area contributed by atoms with Crippen molar-refractivity contribution in [3.05, 3.63) is 36.0 Å². The van der Waals surface area contributed by atoms with E-state index in [4.69, 9.17) is 0 Å². The van der Waals surface area contributed by atoms with Crippen LogP contribution >= 0.6 is 0 Å². The molecule has 0 aliphatic heterocycles. The van der Waals surface area contributed by atoms with Gasteiger partial charge >= 0.3 is 0 Å². The van der Waals surface area contributed by atoms with E-state index in [2.05, 4.69) is 6.58 Å². The summed E-state index contributed by atoms with van der Waals surface area (Å²) in [7, 11) is 3.48. The summed E-state index contributed by atoms with van der Waals surface area (Å²) in [6, 6.07) is 0. The fourth-order valence-corrected chi connectivity index (χ4v) is 0.886. The normalized spacial score (nSPS) is 12.6. The van der Waals surface area contributed by atoms with Gasteiger partial charge in [0.05, 0.1) is 0 Å². The first kappa shape index (κ1) is 11.7. The van der Waals surface area contributed by atoms with E-state index in [1.54, 1.807) is 31.1 Å². The first-order chi connectivity index (χ1) is 6.04. The first-order valence-corrected chi connectivity index (χ1v) is 4.22. The minimum absolute atomic E-state index is 0.00972. The van der Waals surface area contributed by atoms with Crippen LogP contribution in [-0.4, -0.2) is 24.9 Å². The predicted molar refractivity (Wildman–Crippen MR) is 56.4 cm³/mol. The second-order valence-electron chi connectivity index (χ2n) is 2.99. The van der Waals surface area contributed by atoms with Gasteiger partial charge in [-0.3, -0.25) is 4.79 Å². The Bertz CT molecular complexity index is 259. The van der Waals surface area contributed by atoms with E-state index in [0.717, 1.165) is 5.57 Å². The third-order valence-corrected chi connectivity index (χ3v) is 1.78. The Hall–Kier alpha value is -1.31. The van der Waals surface area contributed by atoms with E-state index < -0.39 is 0 Å². The highest BCUT2D eigenvalue weighted by atomic mass is 16.2. The van der Waals surface area contributed by atoms with Crippen LogP contribution in [0.15, 0.2) is 36.0 Å². The summed E-state index contributed by atoms with van der Waals surface area (Å²) in [5, 5.41) is 0. The van der Waals surface area contributed by atoms with E-state index in [-0.39, 0.29) is 5.91 Å². The molecular weight excluding hydrogens is 162 g/mol. The molecule has 72 valence electrons. The average Bonchev–Trinajstić information content (AvgIpc) is 2.11. The zero-order chi connectivity index (χ0) is 10.4. The molecule has 0 aliphatic carbocycles. The highest BCUT2D eigenvalue weighted by Crippen LogP contribution is 2.11. The van der Waals surface area contributed by atoms with Crippen molar-refractivity contribution in [1.29, 1.82) is 0 Å². The Labute approximate surface area is 80.2 Å². The maximum absolute atomic E-state index is 11.6. The maximum atomic E-state index is 11.6. The number of likely N-dealkylation sites (N-methyl/N-ethyl adjacent to an activating group) is 1. The molecule has 0 aromatic rings. The van der Waals surface area contributed by atoms with Crippen LogP contribution in [0.1, 0.15) is 13.8 Å². The summed E-state index contributed by atoms with van der Waals surface area (Å²) in [6.07, 6.45) is 5.28. The fraction of sp³-hybridized carbons (Fsp3) is 0.364. The number of allylic oxidation sites excluding steroid dienone is 3. The van der Waals surface area contributed by atoms with Crippen molar-refractivity contribution in [2.75, 3.05) is 14.1 Å². The molecule has 0 saturated carbocycles. The molecule has 2 nitrogen and oxygen atoms in total. The molecule has 0 fully saturated rings. The van der Waals surface area contributed by atoms with Gasteiger partial charge in [0.1, 0.15) is 0 Å². The summed E-state index contributed by atoms with van der Waals surface area (Å²) in [5.74, 6) is 0.00972. The van der Waals surface area contributed by atoms with E-state index in [0.29, 0.717) is 5.57 Å². The first-order valence-electron chi connectivity index (χ1n) is 4.22. The number of rotatable bonds is 3. The van der Waals surface area contributed by atoms with Crippen LogP contribution in [0.5, 0.6) is 0 Å². The molecule has 0 radical (unpaired) electrons. The van der Waals surface area contributed by atoms with Gasteiger partial charge in [0.15, 0.2) is 0 Å². The molecule has 0 aliphatic rings. The lowest BCUT2D eigenvalue weighted by molar-refractivity contribution is -0.124. The van der Waals surface area contributed by atoms with Gasteiger partial charge in [-0.25, -0.2) is 0 Å². The maximum Gasteiger partial charge on any atom is 0.253 e. The predicted octanol–water partition coefficient (Wildman–Crippen LogP) is 2.15. The van der Waals surface area contributed by atoms with Gasteiger partial charge in [0.2, 0.25) is 0 Å². The topological polar surface area (TPSA) is 20.3 Å². The minimum Gasteiger partial charge on any atom is -0.345 e. The van der Waals surface area contributed by atoms with E-state index in [9.17, 15) is 4.79 Å². The monoisotopic (exact) mass is 179 g/mol. The molecule has 0 atom stereocenters. The lowest BCUT2D eigenvalue weighted by Gasteiger charge is -2.13. The van der Waals surface area contributed by atoms with Crippen LogP contribution in [0.4, 0.5) is 0 Å². The number of carbonyl (C=O) groups is 1. The molecule has 2 heteroatoms. The van der Waals surface area contributed by atoms with Crippen LogP contribution in [-0.2, 0) is 4.79 Å². The summed E-state index contributed by atoms with van der Waals surface area (Å²) < 4.78 is 0. The Kier molecular flexibility index (Phi) is 4.82. The van der Waals surface area contributed by atoms with E-state index in [1.807, 2.05) is 19.9 Å². The molecule has 0 heterocycles. The van der Waals surface area contributed by atoms with Crippen molar-refractivity contribution in [2.24, 2.45) is 0 Å². The summed E-state index contributed by atoms with van der Waals surface area (Å²) in [4.78, 5) is 13.2. The summed E-state index contributed by atoms with van der Waals surface area (Å²) >= 11 is 0. The quantitative estimate of drug-likeness (QED) is 0.480. The number of amides is 1. The molecular formula is C11H17NO. The van der Waals surface area contributed by atoms with Crippen molar-refractivity contribution >= 4 is 5.91 Å². The van der Waals surface area contributed by atoms with Crippen molar-refractivity contribution in [1.82, 2.24) is 4.90 Å². The third-order valence-electron chi connectivity index (χ3n) is 1.78. The smallest absolute Gasteiger partial charge is 0.253 e. The Morgan fingerprint density at radius 1 is 1.38 bits per heavy atom. The molecule has 0 rings (SSSR count). The number of nitrogens with zero attached hydrogens (tertiary/aromatic N) is 1. The fourth-order valence-electron chi connectivity index (χ4n) is 0.886. The Balaban J connectivity index is 4.94. The van der Waals surface area contributed by atoms with Crippen LogP contribution in [0.25, 0.3) is 0 Å². The van der Waals surface area contributed by atoms with Gasteiger partial charge in [0.25, 0.3) is 5.91 Å². The molecule has 0 unspecified atom stereocenters. The van der Waals surface area contributed by atoms with Gasteiger partial charge < -0.3 is 4.90 Å². The molecule has 0 N–H and O–H groups in total. The SMILES string of the molecule is C=C/C=C(C(=O)N(C)C)\C(C)=C/C. The third kappa shape index (κ3) is 3.28. The molecule has 0 spiro atoms. The van der Waals surface area contributed by atoms with Gasteiger partial charge in [0, 0.05) is 19.7 Å². The van der Waals surface area contributed by atoms with Crippen molar-refractivity contribution in [2.45, 2.75) is 13.8 Å². The van der Waals surface area contributed by atoms with Crippen molar-refractivity contribution < 1.29 is 4.79 Å². The van der Waals surface area contributed by atoms with Crippen LogP contribution in [0, 0.1) is 0 Å². The van der Waals surface area contributed by atoms with Crippen LogP contribution in [0.3, 0.4) is 0 Å². The number of carbonyl (C=O) groups excluding carboxylic acids is 1. The Morgan fingerprint density at radius 2 is 1.92 bits per heavy atom. The minimum atomic E-state index is 0.00972. The van der Waals surface area contributed by atoms with Gasteiger partial charge in [-0.1, -0.05) is 18.7 Å². The van der Waals surface area contributed by atoms with Crippen LogP contribution < -0.4 is 0 Å². The molecule has 0 aromatic carbocycles. The number of hydrogen-bond donors (Lipinski definition) is 0. The lowest BCUT2D eigenvalue weighted by atomic mass is 10.1. The van der Waals surface area contributed by atoms with E-state index in [1.165, 1.54) is 0 Å². The van der Waals surface area contributed by atoms with Crippen LogP contribution in [0.2, 0.25) is 0 Å².